The third-order valence-electron chi connectivity index (χ3n) is 3.70. The Hall–Kier alpha value is -1.81. The maximum absolute atomic E-state index is 11.7. The van der Waals surface area contributed by atoms with E-state index in [-0.39, 0.29) is 12.0 Å². The van der Waals surface area contributed by atoms with Gasteiger partial charge in [0.15, 0.2) is 0 Å². The molecule has 1 atom stereocenters. The average molecular weight is 273 g/mol. The van der Waals surface area contributed by atoms with Gasteiger partial charge in [-0.05, 0) is 30.9 Å². The number of methoxy groups -OCH3 is 1. The fraction of sp³-hybridized carbons (Fsp3) is 0.438. The van der Waals surface area contributed by atoms with Crippen LogP contribution in [0.1, 0.15) is 31.1 Å². The molecule has 4 nitrogen and oxygen atoms in total. The number of amides is 1. The molecule has 1 aliphatic carbocycles. The molecule has 0 saturated heterocycles. The summed E-state index contributed by atoms with van der Waals surface area (Å²) in [5.41, 5.74) is 0.842. The number of rotatable bonds is 6. The van der Waals surface area contributed by atoms with E-state index in [0.29, 0.717) is 18.9 Å². The van der Waals surface area contributed by atoms with Crippen molar-refractivity contribution in [1.82, 2.24) is 5.32 Å². The van der Waals surface area contributed by atoms with E-state index < -0.39 is 0 Å². The van der Waals surface area contributed by atoms with Crippen LogP contribution in [0.4, 0.5) is 0 Å². The normalized spacial score (nSPS) is 16.2. The largest absolute Gasteiger partial charge is 0.458 e. The van der Waals surface area contributed by atoms with Crippen LogP contribution in [-0.2, 0) is 9.53 Å². The summed E-state index contributed by atoms with van der Waals surface area (Å²) in [5.74, 6) is 1.45. The summed E-state index contributed by atoms with van der Waals surface area (Å²) in [6, 6.07) is 9.81. The molecular weight excluding hydrogens is 254 g/mol. The second-order valence-electron chi connectivity index (χ2n) is 5.36. The summed E-state index contributed by atoms with van der Waals surface area (Å²) >= 11 is 0. The third-order valence-corrected chi connectivity index (χ3v) is 3.70. The maximum atomic E-state index is 11.7. The third kappa shape index (κ3) is 3.02. The SMILES string of the molecule is COC(CNC(=O)CC1CC1)c1cc2ccccc2o1. The van der Waals surface area contributed by atoms with Crippen molar-refractivity contribution >= 4 is 16.9 Å². The topological polar surface area (TPSA) is 51.5 Å². The van der Waals surface area contributed by atoms with Crippen LogP contribution in [0.25, 0.3) is 11.0 Å². The van der Waals surface area contributed by atoms with Crippen LogP contribution in [0, 0.1) is 5.92 Å². The van der Waals surface area contributed by atoms with Gasteiger partial charge in [-0.2, -0.15) is 0 Å². The average Bonchev–Trinajstić information content (AvgIpc) is 3.15. The molecule has 1 N–H and O–H groups in total. The van der Waals surface area contributed by atoms with Crippen molar-refractivity contribution in [2.45, 2.75) is 25.4 Å². The van der Waals surface area contributed by atoms with Crippen molar-refractivity contribution in [3.8, 4) is 0 Å². The first-order valence-corrected chi connectivity index (χ1v) is 7.04. The molecule has 1 saturated carbocycles. The molecule has 20 heavy (non-hydrogen) atoms. The minimum Gasteiger partial charge on any atom is -0.458 e. The van der Waals surface area contributed by atoms with Gasteiger partial charge >= 0.3 is 0 Å². The molecule has 0 radical (unpaired) electrons. The van der Waals surface area contributed by atoms with Crippen molar-refractivity contribution in [2.75, 3.05) is 13.7 Å². The van der Waals surface area contributed by atoms with E-state index in [2.05, 4.69) is 5.32 Å². The first-order valence-electron chi connectivity index (χ1n) is 7.04. The van der Waals surface area contributed by atoms with Gasteiger partial charge in [0.1, 0.15) is 17.4 Å². The lowest BCUT2D eigenvalue weighted by Crippen LogP contribution is -2.29. The number of carbonyl (C=O) groups excluding carboxylic acids is 1. The molecule has 1 fully saturated rings. The molecule has 1 unspecified atom stereocenters. The van der Waals surface area contributed by atoms with Crippen molar-refractivity contribution in [3.63, 3.8) is 0 Å². The second kappa shape index (κ2) is 5.67. The van der Waals surface area contributed by atoms with E-state index >= 15 is 0 Å². The van der Waals surface area contributed by atoms with Crippen LogP contribution < -0.4 is 5.32 Å². The lowest BCUT2D eigenvalue weighted by atomic mass is 10.2. The summed E-state index contributed by atoms with van der Waals surface area (Å²) < 4.78 is 11.2. The van der Waals surface area contributed by atoms with Crippen LogP contribution in [-0.4, -0.2) is 19.6 Å². The van der Waals surface area contributed by atoms with Crippen molar-refractivity contribution < 1.29 is 13.9 Å². The van der Waals surface area contributed by atoms with Crippen molar-refractivity contribution in [2.24, 2.45) is 5.92 Å². The highest BCUT2D eigenvalue weighted by Gasteiger charge is 2.25. The lowest BCUT2D eigenvalue weighted by Gasteiger charge is -2.13. The number of furan rings is 1. The van der Waals surface area contributed by atoms with E-state index in [9.17, 15) is 4.79 Å². The smallest absolute Gasteiger partial charge is 0.220 e. The second-order valence-corrected chi connectivity index (χ2v) is 5.36. The number of benzene rings is 1. The molecule has 1 aliphatic rings. The Labute approximate surface area is 118 Å². The monoisotopic (exact) mass is 273 g/mol. The number of hydrogen-bond acceptors (Lipinski definition) is 3. The van der Waals surface area contributed by atoms with Gasteiger partial charge in [0, 0.05) is 18.9 Å². The summed E-state index contributed by atoms with van der Waals surface area (Å²) in [5, 5.41) is 3.97. The van der Waals surface area contributed by atoms with Crippen molar-refractivity contribution in [1.29, 1.82) is 0 Å². The molecule has 2 aromatic rings. The number of ether oxygens (including phenoxy) is 1. The molecule has 106 valence electrons. The fourth-order valence-corrected chi connectivity index (χ4v) is 2.32. The first kappa shape index (κ1) is 13.2. The highest BCUT2D eigenvalue weighted by Crippen LogP contribution is 2.32. The molecular formula is C16H19NO3. The van der Waals surface area contributed by atoms with Gasteiger partial charge in [0.05, 0.1) is 6.54 Å². The Kier molecular flexibility index (Phi) is 3.74. The number of fused-ring (bicyclic) bond motifs is 1. The molecule has 0 spiro atoms. The van der Waals surface area contributed by atoms with Crippen LogP contribution in [0.15, 0.2) is 34.7 Å². The van der Waals surface area contributed by atoms with Crippen LogP contribution in [0.2, 0.25) is 0 Å². The Morgan fingerprint density at radius 1 is 1.45 bits per heavy atom. The predicted octanol–water partition coefficient (Wildman–Crippen LogP) is 3.04. The predicted molar refractivity (Wildman–Crippen MR) is 76.3 cm³/mol. The molecule has 1 aromatic carbocycles. The molecule has 1 aromatic heterocycles. The zero-order valence-corrected chi connectivity index (χ0v) is 11.6. The standard InChI is InChI=1S/C16H19NO3/c1-19-15(10-17-16(18)8-11-6-7-11)14-9-12-4-2-3-5-13(12)20-14/h2-5,9,11,15H,6-8,10H2,1H3,(H,17,18). The summed E-state index contributed by atoms with van der Waals surface area (Å²) in [6.07, 6.45) is 2.76. The van der Waals surface area contributed by atoms with Gasteiger partial charge in [-0.15, -0.1) is 0 Å². The van der Waals surface area contributed by atoms with Crippen molar-refractivity contribution in [3.05, 3.63) is 36.1 Å². The van der Waals surface area contributed by atoms with Gasteiger partial charge in [-0.3, -0.25) is 4.79 Å². The molecule has 1 amide bonds. The van der Waals surface area contributed by atoms with E-state index in [0.717, 1.165) is 16.7 Å². The highest BCUT2D eigenvalue weighted by molar-refractivity contribution is 5.78. The highest BCUT2D eigenvalue weighted by atomic mass is 16.5. The maximum Gasteiger partial charge on any atom is 0.220 e. The minimum absolute atomic E-state index is 0.102. The van der Waals surface area contributed by atoms with Crippen LogP contribution in [0.3, 0.4) is 0 Å². The number of para-hydroxylation sites is 1. The van der Waals surface area contributed by atoms with E-state index in [4.69, 9.17) is 9.15 Å². The summed E-state index contributed by atoms with van der Waals surface area (Å²) in [6.45, 7) is 0.446. The Morgan fingerprint density at radius 3 is 2.95 bits per heavy atom. The van der Waals surface area contributed by atoms with Gasteiger partial charge < -0.3 is 14.5 Å². The van der Waals surface area contributed by atoms with E-state index in [1.165, 1.54) is 12.8 Å². The lowest BCUT2D eigenvalue weighted by molar-refractivity contribution is -0.122. The number of hydrogen-bond donors (Lipinski definition) is 1. The van der Waals surface area contributed by atoms with Gasteiger partial charge in [0.25, 0.3) is 0 Å². The molecule has 3 rings (SSSR count). The van der Waals surface area contributed by atoms with Crippen LogP contribution >= 0.6 is 0 Å². The van der Waals surface area contributed by atoms with Crippen LogP contribution in [0.5, 0.6) is 0 Å². The van der Waals surface area contributed by atoms with Gasteiger partial charge in [-0.1, -0.05) is 18.2 Å². The first-order chi connectivity index (χ1) is 9.76. The zero-order valence-electron chi connectivity index (χ0n) is 11.6. The molecule has 0 bridgehead atoms. The quantitative estimate of drug-likeness (QED) is 0.880. The Bertz CT molecular complexity index is 568. The summed E-state index contributed by atoms with van der Waals surface area (Å²) in [7, 11) is 1.63. The fourth-order valence-electron chi connectivity index (χ4n) is 2.32. The van der Waals surface area contributed by atoms with Gasteiger partial charge in [0.2, 0.25) is 5.91 Å². The van der Waals surface area contributed by atoms with E-state index in [1.54, 1.807) is 7.11 Å². The molecule has 1 heterocycles. The Morgan fingerprint density at radius 2 is 2.25 bits per heavy atom. The summed E-state index contributed by atoms with van der Waals surface area (Å²) in [4.78, 5) is 11.7. The minimum atomic E-state index is -0.245. The Balaban J connectivity index is 1.64. The number of carbonyl (C=O) groups is 1. The zero-order chi connectivity index (χ0) is 13.9. The van der Waals surface area contributed by atoms with Gasteiger partial charge in [-0.25, -0.2) is 0 Å². The molecule has 0 aliphatic heterocycles. The molecule has 4 heteroatoms. The van der Waals surface area contributed by atoms with E-state index in [1.807, 2.05) is 30.3 Å². The number of nitrogens with one attached hydrogen (secondary N) is 1.